The van der Waals surface area contributed by atoms with Crippen molar-refractivity contribution in [3.8, 4) is 0 Å². The first kappa shape index (κ1) is 12.8. The molecule has 2 heterocycles. The molecular weight excluding hydrogens is 224 g/mol. The average molecular weight is 244 g/mol. The molecule has 0 amide bonds. The number of hydrogen-bond acceptors (Lipinski definition) is 4. The van der Waals surface area contributed by atoms with E-state index in [4.69, 9.17) is 19.3 Å². The lowest BCUT2D eigenvalue weighted by atomic mass is 10.1. The van der Waals surface area contributed by atoms with E-state index >= 15 is 0 Å². The van der Waals surface area contributed by atoms with Crippen LogP contribution in [0.15, 0.2) is 0 Å². The van der Waals surface area contributed by atoms with Crippen molar-refractivity contribution >= 4 is 5.97 Å². The topological polar surface area (TPSA) is 65.0 Å². The summed E-state index contributed by atoms with van der Waals surface area (Å²) >= 11 is 0. The lowest BCUT2D eigenvalue weighted by Gasteiger charge is -2.23. The van der Waals surface area contributed by atoms with Crippen LogP contribution < -0.4 is 0 Å². The maximum absolute atomic E-state index is 10.7. The van der Waals surface area contributed by atoms with E-state index in [9.17, 15) is 4.79 Å². The molecule has 1 N–H and O–H groups in total. The summed E-state index contributed by atoms with van der Waals surface area (Å²) in [5.41, 5.74) is 0. The minimum Gasteiger partial charge on any atom is -0.479 e. The molecule has 3 atom stereocenters. The molecule has 3 unspecified atom stereocenters. The number of rotatable bonds is 5. The molecule has 2 rings (SSSR count). The first-order valence-electron chi connectivity index (χ1n) is 6.33. The zero-order valence-electron chi connectivity index (χ0n) is 9.97. The Labute approximate surface area is 101 Å². The third-order valence-corrected chi connectivity index (χ3v) is 3.26. The van der Waals surface area contributed by atoms with Gasteiger partial charge in [-0.3, -0.25) is 0 Å². The number of carboxylic acids is 1. The van der Waals surface area contributed by atoms with Crippen molar-refractivity contribution in [1.29, 1.82) is 0 Å². The van der Waals surface area contributed by atoms with Crippen molar-refractivity contribution in [2.24, 2.45) is 0 Å². The van der Waals surface area contributed by atoms with E-state index < -0.39 is 12.1 Å². The van der Waals surface area contributed by atoms with Crippen molar-refractivity contribution in [3.63, 3.8) is 0 Å². The van der Waals surface area contributed by atoms with E-state index in [1.165, 1.54) is 6.42 Å². The molecule has 0 saturated carbocycles. The summed E-state index contributed by atoms with van der Waals surface area (Å²) in [7, 11) is 0. The van der Waals surface area contributed by atoms with Gasteiger partial charge in [0.2, 0.25) is 0 Å². The van der Waals surface area contributed by atoms with Gasteiger partial charge in [0, 0.05) is 6.61 Å². The molecule has 0 aromatic rings. The van der Waals surface area contributed by atoms with Crippen molar-refractivity contribution in [2.45, 2.75) is 50.4 Å². The number of carbonyl (C=O) groups is 1. The third-order valence-electron chi connectivity index (χ3n) is 3.26. The van der Waals surface area contributed by atoms with Crippen molar-refractivity contribution in [1.82, 2.24) is 0 Å². The van der Waals surface area contributed by atoms with Gasteiger partial charge in [0.05, 0.1) is 25.4 Å². The van der Waals surface area contributed by atoms with Crippen LogP contribution in [-0.4, -0.2) is 49.2 Å². The number of carboxylic acid groups (broad SMARTS) is 1. The van der Waals surface area contributed by atoms with Crippen molar-refractivity contribution in [3.05, 3.63) is 0 Å². The van der Waals surface area contributed by atoms with Crippen molar-refractivity contribution < 1.29 is 24.1 Å². The molecule has 17 heavy (non-hydrogen) atoms. The Morgan fingerprint density at radius 3 is 2.65 bits per heavy atom. The van der Waals surface area contributed by atoms with E-state index in [1.807, 2.05) is 0 Å². The smallest absolute Gasteiger partial charge is 0.332 e. The first-order valence-corrected chi connectivity index (χ1v) is 6.33. The van der Waals surface area contributed by atoms with Gasteiger partial charge < -0.3 is 19.3 Å². The van der Waals surface area contributed by atoms with Gasteiger partial charge in [0.25, 0.3) is 0 Å². The van der Waals surface area contributed by atoms with Crippen LogP contribution in [0.3, 0.4) is 0 Å². The molecule has 5 heteroatoms. The SMILES string of the molecule is O=C(O)C1CCC(COCC2CCCCO2)O1. The van der Waals surface area contributed by atoms with Crippen LogP contribution in [-0.2, 0) is 19.0 Å². The number of aliphatic carboxylic acids is 1. The first-order chi connectivity index (χ1) is 8.25. The highest BCUT2D eigenvalue weighted by molar-refractivity contribution is 5.72. The second-order valence-corrected chi connectivity index (χ2v) is 4.69. The Balaban J connectivity index is 1.58. The molecule has 5 nitrogen and oxygen atoms in total. The second kappa shape index (κ2) is 6.33. The lowest BCUT2D eigenvalue weighted by molar-refractivity contribution is -0.151. The summed E-state index contributed by atoms with van der Waals surface area (Å²) in [4.78, 5) is 10.7. The van der Waals surface area contributed by atoms with E-state index in [1.54, 1.807) is 0 Å². The Hall–Kier alpha value is -0.650. The minimum atomic E-state index is -0.872. The molecule has 0 aromatic heterocycles. The Morgan fingerprint density at radius 2 is 2.00 bits per heavy atom. The fraction of sp³-hybridized carbons (Fsp3) is 0.917. The molecule has 2 aliphatic rings. The van der Waals surface area contributed by atoms with Gasteiger partial charge in [0.1, 0.15) is 0 Å². The average Bonchev–Trinajstić information content (AvgIpc) is 2.79. The summed E-state index contributed by atoms with van der Waals surface area (Å²) in [5, 5.41) is 8.77. The molecule has 0 spiro atoms. The molecule has 0 radical (unpaired) electrons. The predicted molar refractivity (Wildman–Crippen MR) is 59.9 cm³/mol. The quantitative estimate of drug-likeness (QED) is 0.787. The zero-order valence-corrected chi connectivity index (χ0v) is 9.97. The lowest BCUT2D eigenvalue weighted by Crippen LogP contribution is -2.27. The predicted octanol–water partition coefficient (Wildman–Crippen LogP) is 1.20. The van der Waals surface area contributed by atoms with Gasteiger partial charge >= 0.3 is 5.97 Å². The standard InChI is InChI=1S/C12H20O5/c13-12(14)11-5-4-10(17-11)8-15-7-9-3-1-2-6-16-9/h9-11H,1-8H2,(H,13,14). The minimum absolute atomic E-state index is 0.0697. The van der Waals surface area contributed by atoms with Gasteiger partial charge in [-0.25, -0.2) is 4.79 Å². The van der Waals surface area contributed by atoms with Crippen LogP contribution in [0.5, 0.6) is 0 Å². The summed E-state index contributed by atoms with van der Waals surface area (Å²) in [6.45, 7) is 1.90. The van der Waals surface area contributed by atoms with Crippen LogP contribution >= 0.6 is 0 Å². The van der Waals surface area contributed by atoms with Crippen molar-refractivity contribution in [2.75, 3.05) is 19.8 Å². The molecule has 98 valence electrons. The van der Waals surface area contributed by atoms with Crippen LogP contribution in [0.25, 0.3) is 0 Å². The largest absolute Gasteiger partial charge is 0.479 e. The molecule has 2 saturated heterocycles. The molecule has 0 aromatic carbocycles. The Bertz CT molecular complexity index is 249. The summed E-state index contributed by atoms with van der Waals surface area (Å²) in [6, 6.07) is 0. The molecule has 2 fully saturated rings. The van der Waals surface area contributed by atoms with Gasteiger partial charge in [-0.1, -0.05) is 0 Å². The maximum atomic E-state index is 10.7. The summed E-state index contributed by atoms with van der Waals surface area (Å²) in [5.74, 6) is -0.872. The van der Waals surface area contributed by atoms with Crippen LogP contribution in [0, 0.1) is 0 Å². The van der Waals surface area contributed by atoms with Gasteiger partial charge in [-0.2, -0.15) is 0 Å². The van der Waals surface area contributed by atoms with Gasteiger partial charge in [-0.15, -0.1) is 0 Å². The van der Waals surface area contributed by atoms with E-state index in [0.29, 0.717) is 19.6 Å². The highest BCUT2D eigenvalue weighted by Gasteiger charge is 2.30. The fourth-order valence-electron chi connectivity index (χ4n) is 2.28. The van der Waals surface area contributed by atoms with Gasteiger partial charge in [-0.05, 0) is 32.1 Å². The monoisotopic (exact) mass is 244 g/mol. The molecular formula is C12H20O5. The van der Waals surface area contributed by atoms with E-state index in [-0.39, 0.29) is 12.2 Å². The fourth-order valence-corrected chi connectivity index (χ4v) is 2.28. The Kier molecular flexibility index (Phi) is 4.76. The van der Waals surface area contributed by atoms with Crippen LogP contribution in [0.2, 0.25) is 0 Å². The molecule has 2 aliphatic heterocycles. The Morgan fingerprint density at radius 1 is 1.18 bits per heavy atom. The normalized spacial score (nSPS) is 33.8. The highest BCUT2D eigenvalue weighted by Crippen LogP contribution is 2.20. The summed E-state index contributed by atoms with van der Waals surface area (Å²) in [6.07, 6.45) is 4.25. The number of ether oxygens (including phenoxy) is 3. The van der Waals surface area contributed by atoms with E-state index in [2.05, 4.69) is 0 Å². The maximum Gasteiger partial charge on any atom is 0.332 e. The highest BCUT2D eigenvalue weighted by atomic mass is 16.6. The van der Waals surface area contributed by atoms with Crippen LogP contribution in [0.4, 0.5) is 0 Å². The third kappa shape index (κ3) is 3.94. The molecule has 0 bridgehead atoms. The second-order valence-electron chi connectivity index (χ2n) is 4.69. The van der Waals surface area contributed by atoms with Gasteiger partial charge in [0.15, 0.2) is 6.10 Å². The molecule has 0 aliphatic carbocycles. The summed E-state index contributed by atoms with van der Waals surface area (Å²) < 4.78 is 16.4. The van der Waals surface area contributed by atoms with Crippen LogP contribution in [0.1, 0.15) is 32.1 Å². The zero-order chi connectivity index (χ0) is 12.1. The number of hydrogen-bond donors (Lipinski definition) is 1. The van der Waals surface area contributed by atoms with E-state index in [0.717, 1.165) is 25.9 Å².